The van der Waals surface area contributed by atoms with Crippen molar-refractivity contribution in [2.45, 2.75) is 49.9 Å². The van der Waals surface area contributed by atoms with E-state index in [0.29, 0.717) is 23.4 Å². The zero-order valence-corrected chi connectivity index (χ0v) is 25.4. The van der Waals surface area contributed by atoms with E-state index in [1.54, 1.807) is 23.9 Å². The van der Waals surface area contributed by atoms with Crippen LogP contribution in [0.2, 0.25) is 5.02 Å². The number of carboxylic acid groups (broad SMARTS) is 2. The molecular weight excluding hydrogens is 582 g/mol. The first kappa shape index (κ1) is 30.8. The highest BCUT2D eigenvalue weighted by molar-refractivity contribution is 7.99. The van der Waals surface area contributed by atoms with Crippen LogP contribution in [0.25, 0.3) is 23.1 Å². The van der Waals surface area contributed by atoms with Crippen LogP contribution < -0.4 is 0 Å². The Bertz CT molecular complexity index is 1680. The molecule has 5 rings (SSSR count). The molecule has 1 fully saturated rings. The molecule has 8 heteroatoms. The van der Waals surface area contributed by atoms with Gasteiger partial charge in [-0.15, -0.1) is 0 Å². The number of hydrogen-bond acceptors (Lipinski definition) is 5. The number of benzene rings is 3. The number of nitrogens with zero attached hydrogens (tertiary/aromatic N) is 1. The highest BCUT2D eigenvalue weighted by atomic mass is 35.5. The lowest BCUT2D eigenvalue weighted by molar-refractivity contribution is -0.157. The highest BCUT2D eigenvalue weighted by Gasteiger charge is 2.44. The van der Waals surface area contributed by atoms with Crippen LogP contribution in [0.1, 0.15) is 65.8 Å². The summed E-state index contributed by atoms with van der Waals surface area (Å²) in [6.45, 7) is 1.30. The van der Waals surface area contributed by atoms with Gasteiger partial charge in [0.2, 0.25) is 0 Å². The van der Waals surface area contributed by atoms with Gasteiger partial charge in [-0.1, -0.05) is 78.3 Å². The first-order valence-electron chi connectivity index (χ1n) is 14.3. The number of aryl methyl sites for hydroxylation is 1. The summed E-state index contributed by atoms with van der Waals surface area (Å²) in [6, 6.07) is 25.0. The number of aliphatic hydroxyl groups is 1. The van der Waals surface area contributed by atoms with Gasteiger partial charge in [0.05, 0.1) is 17.6 Å². The molecule has 0 radical (unpaired) electrons. The van der Waals surface area contributed by atoms with E-state index in [4.69, 9.17) is 16.6 Å². The maximum Gasteiger partial charge on any atom is 0.340 e. The van der Waals surface area contributed by atoms with Gasteiger partial charge >= 0.3 is 11.9 Å². The topological polar surface area (TPSA) is 108 Å². The minimum atomic E-state index is -1.99. The summed E-state index contributed by atoms with van der Waals surface area (Å²) in [7, 11) is 0. The second-order valence-corrected chi connectivity index (χ2v) is 13.1. The lowest BCUT2D eigenvalue weighted by Crippen LogP contribution is -2.33. The number of rotatable bonds is 13. The van der Waals surface area contributed by atoms with Crippen LogP contribution in [0.5, 0.6) is 0 Å². The Morgan fingerprint density at radius 1 is 1.02 bits per heavy atom. The van der Waals surface area contributed by atoms with E-state index < -0.39 is 17.5 Å². The fourth-order valence-corrected chi connectivity index (χ4v) is 7.09. The molecule has 3 aromatic carbocycles. The maximum atomic E-state index is 11.8. The summed E-state index contributed by atoms with van der Waals surface area (Å²) in [5.74, 6) is -1.32. The first-order chi connectivity index (χ1) is 20.5. The predicted octanol–water partition coefficient (Wildman–Crippen LogP) is 8.01. The van der Waals surface area contributed by atoms with E-state index in [1.165, 1.54) is 6.92 Å². The van der Waals surface area contributed by atoms with Crippen molar-refractivity contribution >= 4 is 58.4 Å². The van der Waals surface area contributed by atoms with Crippen LogP contribution in [0.4, 0.5) is 0 Å². The lowest BCUT2D eigenvalue weighted by atomic mass is 9.89. The SMILES string of the molecule is CC(O)(C(=O)O)c1ccccc1CCC(SCC1(CC(=O)O)CC1)c1cccc(/C=C/c2ccc3ccc(Cl)cc3n2)c1. The van der Waals surface area contributed by atoms with E-state index in [-0.39, 0.29) is 17.1 Å². The van der Waals surface area contributed by atoms with Gasteiger partial charge in [-0.25, -0.2) is 9.78 Å². The van der Waals surface area contributed by atoms with Crippen molar-refractivity contribution in [2.75, 3.05) is 5.75 Å². The van der Waals surface area contributed by atoms with Gasteiger partial charge < -0.3 is 15.3 Å². The number of hydrogen-bond donors (Lipinski definition) is 3. The number of carbonyl (C=O) groups is 2. The molecule has 43 heavy (non-hydrogen) atoms. The molecule has 0 amide bonds. The number of fused-ring (bicyclic) bond motifs is 1. The molecular formula is C35H34ClNO5S. The summed E-state index contributed by atoms with van der Waals surface area (Å²) < 4.78 is 0. The van der Waals surface area contributed by atoms with Crippen molar-refractivity contribution in [3.63, 3.8) is 0 Å². The Hall–Kier alpha value is -3.65. The molecule has 2 unspecified atom stereocenters. The smallest absolute Gasteiger partial charge is 0.340 e. The number of aromatic nitrogens is 1. The molecule has 1 heterocycles. The zero-order valence-electron chi connectivity index (χ0n) is 23.9. The van der Waals surface area contributed by atoms with Gasteiger partial charge in [0, 0.05) is 21.4 Å². The first-order valence-corrected chi connectivity index (χ1v) is 15.7. The number of halogens is 1. The summed E-state index contributed by atoms with van der Waals surface area (Å²) >= 11 is 7.92. The zero-order chi connectivity index (χ0) is 30.6. The van der Waals surface area contributed by atoms with Crippen molar-refractivity contribution in [2.24, 2.45) is 5.41 Å². The maximum absolute atomic E-state index is 11.8. The van der Waals surface area contributed by atoms with Crippen molar-refractivity contribution in [1.29, 1.82) is 0 Å². The van der Waals surface area contributed by atoms with E-state index in [2.05, 4.69) is 12.1 Å². The van der Waals surface area contributed by atoms with Crippen LogP contribution in [-0.2, 0) is 21.6 Å². The average molecular weight is 616 g/mol. The minimum Gasteiger partial charge on any atom is -0.481 e. The Labute approximate surface area is 260 Å². The molecule has 0 saturated heterocycles. The predicted molar refractivity (Wildman–Crippen MR) is 173 cm³/mol. The van der Waals surface area contributed by atoms with Crippen LogP contribution in [0.3, 0.4) is 0 Å². The summed E-state index contributed by atoms with van der Waals surface area (Å²) in [5, 5.41) is 31.5. The minimum absolute atomic E-state index is 0.0448. The third-order valence-electron chi connectivity index (χ3n) is 8.11. The highest BCUT2D eigenvalue weighted by Crippen LogP contribution is 2.53. The molecule has 4 aromatic rings. The van der Waals surface area contributed by atoms with E-state index in [0.717, 1.165) is 51.9 Å². The summed E-state index contributed by atoms with van der Waals surface area (Å²) in [6.07, 6.45) is 7.25. The molecule has 222 valence electrons. The van der Waals surface area contributed by atoms with Gasteiger partial charge in [0.25, 0.3) is 0 Å². The van der Waals surface area contributed by atoms with Gasteiger partial charge in [-0.05, 0) is 84.6 Å². The van der Waals surface area contributed by atoms with Crippen LogP contribution in [0, 0.1) is 5.41 Å². The lowest BCUT2D eigenvalue weighted by Gasteiger charge is -2.24. The second kappa shape index (κ2) is 12.9. The van der Waals surface area contributed by atoms with E-state index in [1.807, 2.05) is 66.7 Å². The number of aliphatic carboxylic acids is 2. The van der Waals surface area contributed by atoms with Crippen LogP contribution in [0.15, 0.2) is 78.9 Å². The summed E-state index contributed by atoms with van der Waals surface area (Å²) in [5.41, 5.74) is 2.78. The molecule has 0 bridgehead atoms. The third-order valence-corrected chi connectivity index (χ3v) is 10.0. The van der Waals surface area contributed by atoms with Gasteiger partial charge in [-0.2, -0.15) is 11.8 Å². The molecule has 1 aliphatic carbocycles. The monoisotopic (exact) mass is 615 g/mol. The van der Waals surface area contributed by atoms with Gasteiger partial charge in [0.1, 0.15) is 0 Å². The average Bonchev–Trinajstić information content (AvgIpc) is 3.74. The fourth-order valence-electron chi connectivity index (χ4n) is 5.35. The number of thioether (sulfide) groups is 1. The Balaban J connectivity index is 1.39. The molecule has 1 aliphatic rings. The van der Waals surface area contributed by atoms with Crippen molar-refractivity contribution < 1.29 is 24.9 Å². The Morgan fingerprint density at radius 2 is 1.79 bits per heavy atom. The number of carboxylic acids is 2. The Morgan fingerprint density at radius 3 is 2.53 bits per heavy atom. The molecule has 6 nitrogen and oxygen atoms in total. The normalized spacial score (nSPS) is 16.2. The van der Waals surface area contributed by atoms with Crippen molar-refractivity contribution in [1.82, 2.24) is 4.98 Å². The molecule has 2 atom stereocenters. The summed E-state index contributed by atoms with van der Waals surface area (Å²) in [4.78, 5) is 28.0. The molecule has 3 N–H and O–H groups in total. The van der Waals surface area contributed by atoms with Gasteiger partial charge in [0.15, 0.2) is 5.60 Å². The van der Waals surface area contributed by atoms with Crippen LogP contribution >= 0.6 is 23.4 Å². The van der Waals surface area contributed by atoms with Crippen molar-refractivity contribution in [3.8, 4) is 0 Å². The second-order valence-electron chi connectivity index (χ2n) is 11.5. The largest absolute Gasteiger partial charge is 0.481 e. The third kappa shape index (κ3) is 7.66. The van der Waals surface area contributed by atoms with Crippen molar-refractivity contribution in [3.05, 3.63) is 112 Å². The Kier molecular flexibility index (Phi) is 9.25. The molecule has 0 aliphatic heterocycles. The van der Waals surface area contributed by atoms with E-state index >= 15 is 0 Å². The van der Waals surface area contributed by atoms with Crippen LogP contribution in [-0.4, -0.2) is 38.0 Å². The fraction of sp³-hybridized carbons (Fsp3) is 0.286. The number of pyridine rings is 1. The van der Waals surface area contributed by atoms with Gasteiger partial charge in [-0.3, -0.25) is 4.79 Å². The van der Waals surface area contributed by atoms with E-state index in [9.17, 15) is 24.9 Å². The quantitative estimate of drug-likeness (QED) is 0.140. The standard InChI is InChI=1S/C35H34ClNO5S/c1-34(42,33(40)41)29-8-3-2-6-24(29)12-16-31(43-22-35(17-18-35)21-32(38)39)26-7-4-5-23(19-26)9-14-28-15-11-25-10-13-27(36)20-30(25)37-28/h2-11,13-15,19-20,31,42H,12,16-18,21-22H2,1H3,(H,38,39)(H,40,41)/b14-9+. The molecule has 1 saturated carbocycles. The molecule has 0 spiro atoms. The molecule has 1 aromatic heterocycles.